The minimum absolute atomic E-state index is 0.00699. The number of nitrogens with zero attached hydrogens (tertiary/aromatic N) is 2. The van der Waals surface area contributed by atoms with Crippen molar-refractivity contribution in [3.63, 3.8) is 0 Å². The lowest BCUT2D eigenvalue weighted by atomic mass is 9.95. The van der Waals surface area contributed by atoms with Crippen molar-refractivity contribution < 1.29 is 19.5 Å². The Kier molecular flexibility index (Phi) is 8.87. The second-order valence-electron chi connectivity index (χ2n) is 11.0. The van der Waals surface area contributed by atoms with Crippen molar-refractivity contribution in [1.82, 2.24) is 15.0 Å². The molecule has 5 N–H and O–H groups in total. The molecule has 1 atom stereocenters. The van der Waals surface area contributed by atoms with E-state index in [0.717, 1.165) is 74.9 Å². The molecule has 2 fully saturated rings. The molecular weight excluding hydrogens is 538 g/mol. The molecule has 3 aromatic rings. The van der Waals surface area contributed by atoms with Gasteiger partial charge in [0, 0.05) is 17.8 Å². The summed E-state index contributed by atoms with van der Waals surface area (Å²) in [4.78, 5) is 43.0. The summed E-state index contributed by atoms with van der Waals surface area (Å²) < 4.78 is 4.30. The highest BCUT2D eigenvalue weighted by Gasteiger charge is 2.38. The Bertz CT molecular complexity index is 1390. The van der Waals surface area contributed by atoms with Crippen LogP contribution in [0.3, 0.4) is 0 Å². The number of benzene rings is 2. The molecule has 2 aromatic carbocycles. The van der Waals surface area contributed by atoms with Gasteiger partial charge < -0.3 is 21.5 Å². The first-order valence-corrected chi connectivity index (χ1v) is 15.2. The van der Waals surface area contributed by atoms with Gasteiger partial charge in [0.2, 0.25) is 5.91 Å². The van der Waals surface area contributed by atoms with Crippen LogP contribution in [0.25, 0.3) is 0 Å². The predicted octanol–water partition coefficient (Wildman–Crippen LogP) is 5.25. The summed E-state index contributed by atoms with van der Waals surface area (Å²) in [6, 6.07) is 12.7. The van der Waals surface area contributed by atoms with Gasteiger partial charge in [0.25, 0.3) is 11.8 Å². The third-order valence-corrected chi connectivity index (χ3v) is 8.94. The van der Waals surface area contributed by atoms with Crippen LogP contribution in [-0.4, -0.2) is 39.3 Å². The van der Waals surface area contributed by atoms with Crippen molar-refractivity contribution >= 4 is 40.6 Å². The summed E-state index contributed by atoms with van der Waals surface area (Å²) in [5, 5.41) is 16.1. The van der Waals surface area contributed by atoms with Gasteiger partial charge >= 0.3 is 0 Å². The van der Waals surface area contributed by atoms with E-state index in [1.807, 2.05) is 25.1 Å². The number of phenols is 1. The molecule has 3 amide bonds. The van der Waals surface area contributed by atoms with Gasteiger partial charge in [0.15, 0.2) is 5.69 Å². The summed E-state index contributed by atoms with van der Waals surface area (Å²) >= 11 is 0.864. The number of hydrogen-bond donors (Lipinski definition) is 4. The van der Waals surface area contributed by atoms with Crippen molar-refractivity contribution in [2.24, 2.45) is 0 Å². The molecule has 0 aliphatic heterocycles. The van der Waals surface area contributed by atoms with Crippen LogP contribution in [0.15, 0.2) is 48.5 Å². The van der Waals surface area contributed by atoms with Crippen molar-refractivity contribution in [3.05, 3.63) is 70.2 Å². The van der Waals surface area contributed by atoms with E-state index in [2.05, 4.69) is 15.0 Å². The lowest BCUT2D eigenvalue weighted by Crippen LogP contribution is -2.46. The number of nitrogen functional groups attached to an aromatic ring is 1. The van der Waals surface area contributed by atoms with Crippen LogP contribution in [0.4, 0.5) is 11.4 Å². The zero-order chi connectivity index (χ0) is 28.9. The normalized spacial score (nSPS) is 16.7. The number of aromatic nitrogens is 1. The molecule has 0 radical (unpaired) electrons. The zero-order valence-corrected chi connectivity index (χ0v) is 24.1. The maximum Gasteiger partial charge on any atom is 0.273 e. The summed E-state index contributed by atoms with van der Waals surface area (Å²) in [5.74, 6) is -1.18. The van der Waals surface area contributed by atoms with Crippen LogP contribution in [-0.2, 0) is 4.79 Å². The first kappa shape index (κ1) is 28.6. The number of carbonyl (C=O) groups is 3. The van der Waals surface area contributed by atoms with Crippen LogP contribution in [0.2, 0.25) is 0 Å². The van der Waals surface area contributed by atoms with Crippen molar-refractivity contribution in [2.75, 3.05) is 10.6 Å². The van der Waals surface area contributed by atoms with E-state index in [9.17, 15) is 19.5 Å². The standard InChI is InChI=1S/C31H37N5O4S/c1-19-9-5-8-14-24(19)36(27(20-15-17-23(37)18-16-20)30(39)34-22-12-6-7-13-22)31(40)28-25(32)26(35-41-28)29(38)33-21-10-3-2-4-11-21/h5,8-9,14-18,21-22,27,37H,2-4,6-7,10-13,32H2,1H3,(H,33,38)(H,34,39)/t27-/m1/s1. The molecule has 2 saturated carbocycles. The maximum absolute atomic E-state index is 14.4. The molecule has 2 aliphatic carbocycles. The fourth-order valence-corrected chi connectivity index (χ4v) is 6.58. The van der Waals surface area contributed by atoms with Gasteiger partial charge in [0.05, 0.1) is 5.69 Å². The van der Waals surface area contributed by atoms with E-state index in [4.69, 9.17) is 5.73 Å². The van der Waals surface area contributed by atoms with E-state index in [0.29, 0.717) is 11.3 Å². The smallest absolute Gasteiger partial charge is 0.273 e. The number of carbonyl (C=O) groups excluding carboxylic acids is 3. The molecule has 1 heterocycles. The first-order chi connectivity index (χ1) is 19.8. The number of nitrogens with two attached hydrogens (primary N) is 1. The maximum atomic E-state index is 14.4. The number of hydrogen-bond acceptors (Lipinski definition) is 7. The largest absolute Gasteiger partial charge is 0.508 e. The topological polar surface area (TPSA) is 138 Å². The summed E-state index contributed by atoms with van der Waals surface area (Å²) in [6.45, 7) is 1.87. The predicted molar refractivity (Wildman–Crippen MR) is 160 cm³/mol. The highest BCUT2D eigenvalue weighted by molar-refractivity contribution is 7.09. The number of para-hydroxylation sites is 1. The lowest BCUT2D eigenvalue weighted by Gasteiger charge is -2.33. The SMILES string of the molecule is Cc1ccccc1N(C(=O)c1snc(C(=O)NC2CCCCC2)c1N)[C@@H](C(=O)NC1CCCC1)c1ccc(O)cc1. The Balaban J connectivity index is 1.54. The third-order valence-electron chi connectivity index (χ3n) is 8.09. The van der Waals surface area contributed by atoms with Crippen molar-refractivity contribution in [3.8, 4) is 5.75 Å². The lowest BCUT2D eigenvalue weighted by molar-refractivity contribution is -0.123. The van der Waals surface area contributed by atoms with E-state index in [1.165, 1.54) is 17.0 Å². The molecule has 5 rings (SSSR count). The number of phenolic OH excluding ortho intramolecular Hbond substituents is 1. The van der Waals surface area contributed by atoms with Crippen LogP contribution in [0.5, 0.6) is 5.75 Å². The molecule has 0 bridgehead atoms. The van der Waals surface area contributed by atoms with E-state index >= 15 is 0 Å². The molecule has 41 heavy (non-hydrogen) atoms. The van der Waals surface area contributed by atoms with Crippen LogP contribution in [0.1, 0.15) is 95.1 Å². The quantitative estimate of drug-likeness (QED) is 0.290. The number of anilines is 2. The summed E-state index contributed by atoms with van der Waals surface area (Å²) in [6.07, 6.45) is 8.95. The van der Waals surface area contributed by atoms with Gasteiger partial charge in [-0.1, -0.05) is 62.4 Å². The van der Waals surface area contributed by atoms with Crippen molar-refractivity contribution in [1.29, 1.82) is 0 Å². The Morgan fingerprint density at radius 1 is 0.927 bits per heavy atom. The molecule has 0 spiro atoms. The molecule has 0 unspecified atom stereocenters. The van der Waals surface area contributed by atoms with Gasteiger partial charge in [0.1, 0.15) is 16.7 Å². The van der Waals surface area contributed by atoms with Crippen molar-refractivity contribution in [2.45, 2.75) is 82.8 Å². The monoisotopic (exact) mass is 575 g/mol. The first-order valence-electron chi connectivity index (χ1n) is 14.4. The molecule has 0 saturated heterocycles. The summed E-state index contributed by atoms with van der Waals surface area (Å²) in [7, 11) is 0. The molecule has 9 nitrogen and oxygen atoms in total. The molecule has 2 aliphatic rings. The second kappa shape index (κ2) is 12.7. The van der Waals surface area contributed by atoms with Gasteiger partial charge in [-0.05, 0) is 73.5 Å². The molecule has 1 aromatic heterocycles. The molecule has 10 heteroatoms. The Labute approximate surface area is 244 Å². The average Bonchev–Trinajstić information content (AvgIpc) is 3.62. The van der Waals surface area contributed by atoms with E-state index in [-0.39, 0.29) is 45.9 Å². The van der Waals surface area contributed by atoms with Gasteiger partial charge in [-0.15, -0.1) is 0 Å². The van der Waals surface area contributed by atoms with Gasteiger partial charge in [-0.3, -0.25) is 19.3 Å². The molecular formula is C31H37N5O4S. The van der Waals surface area contributed by atoms with Gasteiger partial charge in [-0.2, -0.15) is 4.37 Å². The highest BCUT2D eigenvalue weighted by atomic mass is 32.1. The second-order valence-corrected chi connectivity index (χ2v) is 11.8. The van der Waals surface area contributed by atoms with E-state index in [1.54, 1.807) is 18.2 Å². The number of aromatic hydroxyl groups is 1. The number of amides is 3. The minimum Gasteiger partial charge on any atom is -0.508 e. The zero-order valence-electron chi connectivity index (χ0n) is 23.3. The fraction of sp³-hybridized carbons (Fsp3) is 0.419. The number of nitrogens with one attached hydrogen (secondary N) is 2. The number of aryl methyl sites for hydroxylation is 1. The minimum atomic E-state index is -1.05. The van der Waals surface area contributed by atoms with E-state index < -0.39 is 11.9 Å². The van der Waals surface area contributed by atoms with Crippen LogP contribution >= 0.6 is 11.5 Å². The molecule has 216 valence electrons. The average molecular weight is 576 g/mol. The Morgan fingerprint density at radius 3 is 2.20 bits per heavy atom. The number of rotatable bonds is 8. The van der Waals surface area contributed by atoms with Crippen LogP contribution in [0, 0.1) is 6.92 Å². The van der Waals surface area contributed by atoms with Gasteiger partial charge in [-0.25, -0.2) is 0 Å². The third kappa shape index (κ3) is 6.37. The van der Waals surface area contributed by atoms with Crippen LogP contribution < -0.4 is 21.3 Å². The Hall–Kier alpha value is -3.92. The fourth-order valence-electron chi connectivity index (χ4n) is 5.85. The highest BCUT2D eigenvalue weighted by Crippen LogP contribution is 2.36. The summed E-state index contributed by atoms with van der Waals surface area (Å²) in [5.41, 5.74) is 8.34. The Morgan fingerprint density at radius 2 is 1.54 bits per heavy atom.